The number of hydrogen-bond donors (Lipinski definition) is 0. The van der Waals surface area contributed by atoms with E-state index in [1.165, 1.54) is 77.2 Å². The maximum absolute atomic E-state index is 5.35. The molecule has 1 heterocycles. The Morgan fingerprint density at radius 1 is 0.321 bits per heavy atom. The minimum absolute atomic E-state index is 0.129. The molecule has 0 N–H and O–H groups in total. The monoisotopic (exact) mass is 716 g/mol. The molecule has 0 aliphatic heterocycles. The average molecular weight is 717 g/mol. The molecule has 56 heavy (non-hydrogen) atoms. The van der Waals surface area contributed by atoms with Crippen molar-refractivity contribution >= 4 is 21.5 Å². The topological polar surface area (TPSA) is 25.8 Å². The molecule has 2 aliphatic rings. The van der Waals surface area contributed by atoms with Gasteiger partial charge in [-0.2, -0.15) is 0 Å². The quantitative estimate of drug-likeness (QED) is 0.181. The van der Waals surface area contributed by atoms with Crippen LogP contribution in [0.5, 0.6) is 0 Å². The van der Waals surface area contributed by atoms with Crippen LogP contribution >= 0.6 is 0 Å². The van der Waals surface area contributed by atoms with Crippen molar-refractivity contribution in [3.8, 4) is 67.3 Å². The van der Waals surface area contributed by atoms with Crippen LogP contribution < -0.4 is 0 Å². The zero-order chi connectivity index (χ0) is 37.8. The standard InChI is InChI=1S/C54H40N2/c1-53(2)45-24-14-23-42(51(45)44-28-35-18-9-11-20-37(35)30-48(44)53)39-21-12-13-22-41(39)50-32-49(55-52(56-50)33-15-6-5-7-16-33)38-25-26-40-43-27-34-17-8-10-19-36(34)29-47(43)54(3,4)46(40)31-38/h5-32H,1-4H3. The second-order valence-electron chi connectivity index (χ2n) is 16.6. The fraction of sp³-hybridized carbons (Fsp3) is 0.111. The summed E-state index contributed by atoms with van der Waals surface area (Å²) in [5.41, 5.74) is 17.8. The fourth-order valence-corrected chi connectivity index (χ4v) is 9.67. The van der Waals surface area contributed by atoms with E-state index in [9.17, 15) is 0 Å². The van der Waals surface area contributed by atoms with Crippen LogP contribution in [0.2, 0.25) is 0 Å². The summed E-state index contributed by atoms with van der Waals surface area (Å²) in [6, 6.07) is 62.1. The molecule has 0 atom stereocenters. The first kappa shape index (κ1) is 32.8. The molecule has 2 heteroatoms. The molecule has 0 fully saturated rings. The summed E-state index contributed by atoms with van der Waals surface area (Å²) in [6.45, 7) is 9.44. The van der Waals surface area contributed by atoms with Crippen molar-refractivity contribution in [2.45, 2.75) is 38.5 Å². The highest BCUT2D eigenvalue weighted by Gasteiger charge is 2.38. The molecule has 2 aliphatic carbocycles. The van der Waals surface area contributed by atoms with E-state index < -0.39 is 0 Å². The molecule has 0 amide bonds. The summed E-state index contributed by atoms with van der Waals surface area (Å²) in [5, 5.41) is 5.10. The number of hydrogen-bond acceptors (Lipinski definition) is 2. The summed E-state index contributed by atoms with van der Waals surface area (Å²) in [6.07, 6.45) is 0. The van der Waals surface area contributed by atoms with E-state index >= 15 is 0 Å². The van der Waals surface area contributed by atoms with Gasteiger partial charge in [-0.3, -0.25) is 0 Å². The third-order valence-electron chi connectivity index (χ3n) is 12.7. The zero-order valence-corrected chi connectivity index (χ0v) is 32.1. The third-order valence-corrected chi connectivity index (χ3v) is 12.7. The van der Waals surface area contributed by atoms with Crippen LogP contribution in [0.1, 0.15) is 49.9 Å². The Morgan fingerprint density at radius 2 is 0.857 bits per heavy atom. The van der Waals surface area contributed by atoms with Gasteiger partial charge in [-0.25, -0.2) is 9.97 Å². The molecule has 0 saturated carbocycles. The van der Waals surface area contributed by atoms with E-state index in [1.807, 2.05) is 6.07 Å². The van der Waals surface area contributed by atoms with Crippen LogP contribution in [0.3, 0.4) is 0 Å². The van der Waals surface area contributed by atoms with Gasteiger partial charge in [0.1, 0.15) is 0 Å². The number of benzene rings is 8. The number of fused-ring (bicyclic) bond motifs is 8. The minimum atomic E-state index is -0.154. The summed E-state index contributed by atoms with van der Waals surface area (Å²) in [4.78, 5) is 10.6. The summed E-state index contributed by atoms with van der Waals surface area (Å²) in [7, 11) is 0. The Hall–Kier alpha value is -6.64. The lowest BCUT2D eigenvalue weighted by atomic mass is 9.81. The van der Waals surface area contributed by atoms with Crippen molar-refractivity contribution in [2.75, 3.05) is 0 Å². The Bertz CT molecular complexity index is 3080. The molecular formula is C54H40N2. The normalized spacial score (nSPS) is 14.4. The van der Waals surface area contributed by atoms with E-state index in [1.54, 1.807) is 0 Å². The smallest absolute Gasteiger partial charge is 0.160 e. The van der Waals surface area contributed by atoms with E-state index in [2.05, 4.69) is 191 Å². The maximum atomic E-state index is 5.35. The molecule has 0 bridgehead atoms. The first-order valence-corrected chi connectivity index (χ1v) is 19.7. The predicted octanol–water partition coefficient (Wildman–Crippen LogP) is 14.1. The van der Waals surface area contributed by atoms with Crippen LogP contribution in [0, 0.1) is 0 Å². The molecule has 0 saturated heterocycles. The van der Waals surface area contributed by atoms with Crippen LogP contribution in [-0.4, -0.2) is 9.97 Å². The predicted molar refractivity (Wildman–Crippen MR) is 234 cm³/mol. The highest BCUT2D eigenvalue weighted by molar-refractivity contribution is 6.01. The maximum Gasteiger partial charge on any atom is 0.160 e. The molecular weight excluding hydrogens is 677 g/mol. The van der Waals surface area contributed by atoms with Crippen molar-refractivity contribution in [1.82, 2.24) is 9.97 Å². The Labute approximate surface area is 328 Å². The van der Waals surface area contributed by atoms with Crippen LogP contribution in [0.4, 0.5) is 0 Å². The first-order chi connectivity index (χ1) is 27.3. The zero-order valence-electron chi connectivity index (χ0n) is 32.1. The molecule has 0 radical (unpaired) electrons. The lowest BCUT2D eigenvalue weighted by molar-refractivity contribution is 0.661. The van der Waals surface area contributed by atoms with Crippen molar-refractivity contribution in [2.24, 2.45) is 0 Å². The highest BCUT2D eigenvalue weighted by Crippen LogP contribution is 2.54. The van der Waals surface area contributed by atoms with Gasteiger partial charge in [0.2, 0.25) is 0 Å². The number of nitrogens with zero attached hydrogens (tertiary/aromatic N) is 2. The first-order valence-electron chi connectivity index (χ1n) is 19.7. The Kier molecular flexibility index (Phi) is 6.98. The van der Waals surface area contributed by atoms with Gasteiger partial charge >= 0.3 is 0 Å². The second kappa shape index (κ2) is 11.9. The summed E-state index contributed by atoms with van der Waals surface area (Å²) < 4.78 is 0. The van der Waals surface area contributed by atoms with Gasteiger partial charge in [-0.05, 0) is 114 Å². The molecule has 2 nitrogen and oxygen atoms in total. The van der Waals surface area contributed by atoms with E-state index in [-0.39, 0.29) is 10.8 Å². The molecule has 8 aromatic carbocycles. The van der Waals surface area contributed by atoms with Gasteiger partial charge < -0.3 is 0 Å². The van der Waals surface area contributed by atoms with Gasteiger partial charge in [0.05, 0.1) is 11.4 Å². The average Bonchev–Trinajstić information content (AvgIpc) is 3.60. The largest absolute Gasteiger partial charge is 0.228 e. The molecule has 0 spiro atoms. The Morgan fingerprint density at radius 3 is 1.57 bits per heavy atom. The van der Waals surface area contributed by atoms with E-state index in [0.717, 1.165) is 33.9 Å². The van der Waals surface area contributed by atoms with Gasteiger partial charge in [-0.1, -0.05) is 161 Å². The van der Waals surface area contributed by atoms with Crippen LogP contribution in [0.25, 0.3) is 88.8 Å². The van der Waals surface area contributed by atoms with Crippen LogP contribution in [-0.2, 0) is 10.8 Å². The van der Waals surface area contributed by atoms with Crippen LogP contribution in [0.15, 0.2) is 170 Å². The van der Waals surface area contributed by atoms with E-state index in [4.69, 9.17) is 9.97 Å². The molecule has 1 aromatic heterocycles. The van der Waals surface area contributed by atoms with Crippen molar-refractivity contribution in [3.63, 3.8) is 0 Å². The fourth-order valence-electron chi connectivity index (χ4n) is 9.67. The molecule has 266 valence electrons. The highest BCUT2D eigenvalue weighted by atomic mass is 14.9. The van der Waals surface area contributed by atoms with Crippen molar-refractivity contribution in [3.05, 3.63) is 192 Å². The SMILES string of the molecule is CC1(C)c2cc(-c3cc(-c4ccccc4-c4cccc5c4-c4cc6ccccc6cc4C5(C)C)nc(-c4ccccc4)n3)ccc2-c2cc3ccccc3cc21. The lowest BCUT2D eigenvalue weighted by Gasteiger charge is -2.22. The summed E-state index contributed by atoms with van der Waals surface area (Å²) in [5.74, 6) is 0.721. The minimum Gasteiger partial charge on any atom is -0.228 e. The summed E-state index contributed by atoms with van der Waals surface area (Å²) >= 11 is 0. The molecule has 0 unspecified atom stereocenters. The van der Waals surface area contributed by atoms with Crippen molar-refractivity contribution < 1.29 is 0 Å². The van der Waals surface area contributed by atoms with Crippen molar-refractivity contribution in [1.29, 1.82) is 0 Å². The number of rotatable bonds is 4. The Balaban J connectivity index is 1.10. The van der Waals surface area contributed by atoms with Gasteiger partial charge in [0, 0.05) is 27.5 Å². The third kappa shape index (κ3) is 4.82. The van der Waals surface area contributed by atoms with E-state index in [0.29, 0.717) is 0 Å². The van der Waals surface area contributed by atoms with Gasteiger partial charge in [-0.15, -0.1) is 0 Å². The molecule has 9 aromatic rings. The lowest BCUT2D eigenvalue weighted by Crippen LogP contribution is -2.15. The van der Waals surface area contributed by atoms with Gasteiger partial charge in [0.15, 0.2) is 5.82 Å². The number of aromatic nitrogens is 2. The van der Waals surface area contributed by atoms with Gasteiger partial charge in [0.25, 0.3) is 0 Å². The second-order valence-corrected chi connectivity index (χ2v) is 16.6. The molecule has 11 rings (SSSR count).